The number of aromatic amines is 1. The van der Waals surface area contributed by atoms with Crippen LogP contribution < -0.4 is 10.6 Å². The van der Waals surface area contributed by atoms with Crippen LogP contribution in [0.2, 0.25) is 0 Å². The maximum atomic E-state index is 11.1. The van der Waals surface area contributed by atoms with Gasteiger partial charge in [-0.1, -0.05) is 0 Å². The maximum Gasteiger partial charge on any atom is 0.219 e. The molecule has 2 heterocycles. The fraction of sp³-hybridized carbons (Fsp3) is 0.789. The molecular weight excluding hydrogens is 314 g/mol. The minimum atomic E-state index is 0.172. The largest absolute Gasteiger partial charge is 0.343 e. The van der Waals surface area contributed by atoms with Gasteiger partial charge in [0.1, 0.15) is 0 Å². The van der Waals surface area contributed by atoms with Crippen LogP contribution in [0.25, 0.3) is 0 Å². The second kappa shape index (κ2) is 9.34. The minimum absolute atomic E-state index is 0.172. The summed E-state index contributed by atoms with van der Waals surface area (Å²) in [6.45, 7) is 17.3. The van der Waals surface area contributed by atoms with Crippen LogP contribution in [0.3, 0.4) is 0 Å². The second-order valence-electron chi connectivity index (χ2n) is 8.86. The van der Waals surface area contributed by atoms with Crippen molar-refractivity contribution >= 4 is 5.91 Å². The van der Waals surface area contributed by atoms with E-state index >= 15 is 0 Å². The Morgan fingerprint density at radius 3 is 2.20 bits per heavy atom. The molecule has 1 amide bonds. The number of nitrogens with one attached hydrogen (secondary N) is 3. The summed E-state index contributed by atoms with van der Waals surface area (Å²) in [6.07, 6.45) is 3.92. The van der Waals surface area contributed by atoms with Gasteiger partial charge in [-0.25, -0.2) is 0 Å². The molecule has 3 N–H and O–H groups in total. The van der Waals surface area contributed by atoms with Crippen molar-refractivity contribution in [3.05, 3.63) is 18.0 Å². The predicted octanol–water partition coefficient (Wildman–Crippen LogP) is 2.68. The third kappa shape index (κ3) is 10.2. The molecular formula is C19H37N5O. The maximum absolute atomic E-state index is 11.1. The third-order valence-corrected chi connectivity index (χ3v) is 3.95. The molecule has 1 aromatic heterocycles. The molecule has 0 bridgehead atoms. The summed E-state index contributed by atoms with van der Waals surface area (Å²) in [5, 5.41) is 13.7. The third-order valence-electron chi connectivity index (χ3n) is 3.95. The fourth-order valence-electron chi connectivity index (χ4n) is 2.69. The summed E-state index contributed by atoms with van der Waals surface area (Å²) in [4.78, 5) is 13.0. The summed E-state index contributed by atoms with van der Waals surface area (Å²) in [5.74, 6) is 0.208. The average molecular weight is 352 g/mol. The van der Waals surface area contributed by atoms with E-state index in [1.165, 1.54) is 0 Å². The Morgan fingerprint density at radius 1 is 1.20 bits per heavy atom. The van der Waals surface area contributed by atoms with E-state index in [9.17, 15) is 4.79 Å². The van der Waals surface area contributed by atoms with Crippen LogP contribution in [0.15, 0.2) is 12.3 Å². The SMILES string of the molecule is CC(=O)N1CCC(NC(C)(C)C)CC1.CC(C)(C)NCc1ccn[nH]1. The van der Waals surface area contributed by atoms with E-state index in [2.05, 4.69) is 62.4 Å². The molecule has 1 aromatic rings. The number of amides is 1. The number of aromatic nitrogens is 2. The highest BCUT2D eigenvalue weighted by Crippen LogP contribution is 2.13. The molecule has 2 rings (SSSR count). The summed E-state index contributed by atoms with van der Waals surface area (Å²) in [7, 11) is 0. The molecule has 0 spiro atoms. The normalized spacial score (nSPS) is 16.4. The molecule has 0 aromatic carbocycles. The lowest BCUT2D eigenvalue weighted by Crippen LogP contribution is -2.50. The molecule has 6 heteroatoms. The topological polar surface area (TPSA) is 73.1 Å². The number of hydrogen-bond donors (Lipinski definition) is 3. The summed E-state index contributed by atoms with van der Waals surface area (Å²) in [5.41, 5.74) is 1.48. The van der Waals surface area contributed by atoms with E-state index in [0.29, 0.717) is 6.04 Å². The zero-order valence-corrected chi connectivity index (χ0v) is 17.1. The smallest absolute Gasteiger partial charge is 0.219 e. The van der Waals surface area contributed by atoms with Gasteiger partial charge in [-0.2, -0.15) is 5.10 Å². The molecule has 0 aliphatic carbocycles. The van der Waals surface area contributed by atoms with E-state index in [1.807, 2.05) is 11.0 Å². The van der Waals surface area contributed by atoms with Crippen LogP contribution in [-0.2, 0) is 11.3 Å². The zero-order valence-electron chi connectivity index (χ0n) is 17.1. The van der Waals surface area contributed by atoms with E-state index in [0.717, 1.165) is 38.2 Å². The number of hydrogen-bond acceptors (Lipinski definition) is 4. The van der Waals surface area contributed by atoms with Crippen LogP contribution in [-0.4, -0.2) is 51.2 Å². The van der Waals surface area contributed by atoms with Crippen LogP contribution >= 0.6 is 0 Å². The molecule has 144 valence electrons. The number of H-pyrrole nitrogens is 1. The number of rotatable bonds is 3. The van der Waals surface area contributed by atoms with E-state index in [1.54, 1.807) is 13.1 Å². The highest BCUT2D eigenvalue weighted by atomic mass is 16.2. The van der Waals surface area contributed by atoms with Crippen LogP contribution in [0.4, 0.5) is 0 Å². The van der Waals surface area contributed by atoms with Gasteiger partial charge >= 0.3 is 0 Å². The Balaban J connectivity index is 0.000000257. The van der Waals surface area contributed by atoms with Crippen LogP contribution in [0.1, 0.15) is 67.0 Å². The van der Waals surface area contributed by atoms with Gasteiger partial charge in [-0.3, -0.25) is 9.89 Å². The lowest BCUT2D eigenvalue weighted by molar-refractivity contribution is -0.129. The summed E-state index contributed by atoms with van der Waals surface area (Å²) < 4.78 is 0. The fourth-order valence-corrected chi connectivity index (χ4v) is 2.69. The lowest BCUT2D eigenvalue weighted by atomic mass is 10.00. The van der Waals surface area contributed by atoms with Crippen molar-refractivity contribution < 1.29 is 4.79 Å². The molecule has 1 aliphatic rings. The molecule has 1 fully saturated rings. The standard InChI is InChI=1S/C11H22N2O.C8H15N3/c1-9(14)13-7-5-10(6-8-13)12-11(2,3)4;1-8(2,3)9-6-7-4-5-10-11-7/h10,12H,5-8H2,1-4H3;4-5,9H,6H2,1-3H3,(H,10,11). The van der Waals surface area contributed by atoms with Crippen molar-refractivity contribution in [2.45, 2.75) is 85.0 Å². The molecule has 25 heavy (non-hydrogen) atoms. The van der Waals surface area contributed by atoms with Crippen molar-refractivity contribution in [3.8, 4) is 0 Å². The second-order valence-corrected chi connectivity index (χ2v) is 8.86. The molecule has 1 saturated heterocycles. The Hall–Kier alpha value is -1.40. The first-order chi connectivity index (χ1) is 11.5. The van der Waals surface area contributed by atoms with Crippen LogP contribution in [0, 0.1) is 0 Å². The molecule has 0 atom stereocenters. The molecule has 6 nitrogen and oxygen atoms in total. The Kier molecular flexibility index (Phi) is 8.09. The first kappa shape index (κ1) is 21.6. The number of piperidine rings is 1. The van der Waals surface area contributed by atoms with Crippen molar-refractivity contribution in [1.29, 1.82) is 0 Å². The zero-order chi connectivity index (χ0) is 19.1. The van der Waals surface area contributed by atoms with Crippen molar-refractivity contribution in [2.75, 3.05) is 13.1 Å². The Bertz CT molecular complexity index is 491. The monoisotopic (exact) mass is 351 g/mol. The number of likely N-dealkylation sites (tertiary alicyclic amines) is 1. The van der Waals surface area contributed by atoms with Gasteiger partial charge in [-0.05, 0) is 60.5 Å². The van der Waals surface area contributed by atoms with Crippen molar-refractivity contribution in [3.63, 3.8) is 0 Å². The van der Waals surface area contributed by atoms with E-state index in [4.69, 9.17) is 0 Å². The average Bonchev–Trinajstić information content (AvgIpc) is 2.97. The quantitative estimate of drug-likeness (QED) is 0.783. The van der Waals surface area contributed by atoms with E-state index in [-0.39, 0.29) is 17.0 Å². The minimum Gasteiger partial charge on any atom is -0.343 e. The molecule has 0 unspecified atom stereocenters. The van der Waals surface area contributed by atoms with Crippen LogP contribution in [0.5, 0.6) is 0 Å². The van der Waals surface area contributed by atoms with Gasteiger partial charge in [0.05, 0.1) is 0 Å². The highest BCUT2D eigenvalue weighted by molar-refractivity contribution is 5.73. The van der Waals surface area contributed by atoms with Gasteiger partial charge in [0.2, 0.25) is 5.91 Å². The van der Waals surface area contributed by atoms with Gasteiger partial charge < -0.3 is 15.5 Å². The summed E-state index contributed by atoms with van der Waals surface area (Å²) >= 11 is 0. The van der Waals surface area contributed by atoms with Gasteiger partial charge in [0, 0.05) is 55.6 Å². The Labute approximate surface area is 153 Å². The van der Waals surface area contributed by atoms with Crippen molar-refractivity contribution in [1.82, 2.24) is 25.7 Å². The Morgan fingerprint density at radius 2 is 1.80 bits per heavy atom. The molecule has 1 aliphatic heterocycles. The predicted molar refractivity (Wildman–Crippen MR) is 103 cm³/mol. The van der Waals surface area contributed by atoms with Gasteiger partial charge in [0.15, 0.2) is 0 Å². The van der Waals surface area contributed by atoms with Crippen molar-refractivity contribution in [2.24, 2.45) is 0 Å². The number of carbonyl (C=O) groups is 1. The number of nitrogens with zero attached hydrogens (tertiary/aromatic N) is 2. The first-order valence-electron chi connectivity index (χ1n) is 9.23. The van der Waals surface area contributed by atoms with E-state index < -0.39 is 0 Å². The molecule has 0 saturated carbocycles. The number of carbonyl (C=O) groups excluding carboxylic acids is 1. The first-order valence-corrected chi connectivity index (χ1v) is 9.23. The lowest BCUT2D eigenvalue weighted by Gasteiger charge is -2.35. The molecule has 0 radical (unpaired) electrons. The summed E-state index contributed by atoms with van der Waals surface area (Å²) in [6, 6.07) is 2.55. The van der Waals surface area contributed by atoms with Gasteiger partial charge in [0.25, 0.3) is 0 Å². The van der Waals surface area contributed by atoms with Gasteiger partial charge in [-0.15, -0.1) is 0 Å². The highest BCUT2D eigenvalue weighted by Gasteiger charge is 2.23.